The fraction of sp³-hybridized carbons (Fsp3) is 0.308. The van der Waals surface area contributed by atoms with Gasteiger partial charge in [0.1, 0.15) is 5.75 Å². The molecule has 2 rings (SSSR count). The molecule has 1 aromatic rings. The van der Waals surface area contributed by atoms with E-state index < -0.39 is 12.0 Å². The lowest BCUT2D eigenvalue weighted by atomic mass is 9.99. The molecule has 1 aliphatic heterocycles. The average Bonchev–Trinajstić information content (AvgIpc) is 2.34. The molecule has 1 unspecified atom stereocenters. The molecule has 0 radical (unpaired) electrons. The number of halogens is 3. The zero-order chi connectivity index (χ0) is 14.9. The third-order valence-electron chi connectivity index (χ3n) is 2.97. The molecule has 0 spiro atoms. The van der Waals surface area contributed by atoms with Crippen molar-refractivity contribution >= 4 is 52.0 Å². The van der Waals surface area contributed by atoms with Crippen molar-refractivity contribution in [2.45, 2.75) is 26.2 Å². The topological polar surface area (TPSA) is 43.4 Å². The van der Waals surface area contributed by atoms with Crippen molar-refractivity contribution in [1.82, 2.24) is 0 Å². The molecule has 0 saturated carbocycles. The second kappa shape index (κ2) is 6.11. The van der Waals surface area contributed by atoms with Crippen LogP contribution in [0.3, 0.4) is 0 Å². The number of allylic oxidation sites excluding steroid dienone is 1. The van der Waals surface area contributed by atoms with E-state index in [2.05, 4.69) is 0 Å². The Kier molecular flexibility index (Phi) is 4.86. The second-order valence-corrected chi connectivity index (χ2v) is 8.06. The fourth-order valence-corrected chi connectivity index (χ4v) is 4.30. The molecule has 0 N–H and O–H groups in total. The number of carbonyl (C=O) groups is 1. The van der Waals surface area contributed by atoms with Gasteiger partial charge in [-0.1, -0.05) is 24.9 Å². The van der Waals surface area contributed by atoms with Crippen molar-refractivity contribution in [3.05, 3.63) is 34.1 Å². The molecular formula is C13H12Cl3O3P. The Morgan fingerprint density at radius 2 is 2.10 bits per heavy atom. The molecule has 3 nitrogen and oxygen atoms in total. The highest BCUT2D eigenvalue weighted by atomic mass is 35.7. The maximum atomic E-state index is 12.0. The smallest absolute Gasteiger partial charge is 0.359 e. The van der Waals surface area contributed by atoms with Crippen LogP contribution in [-0.2, 0) is 4.57 Å². The van der Waals surface area contributed by atoms with Gasteiger partial charge in [0.25, 0.3) is 5.24 Å². The summed E-state index contributed by atoms with van der Waals surface area (Å²) in [5.41, 5.74) is 1.49. The molecule has 20 heavy (non-hydrogen) atoms. The molecule has 108 valence electrons. The molecule has 0 saturated heterocycles. The van der Waals surface area contributed by atoms with Crippen molar-refractivity contribution in [2.24, 2.45) is 0 Å². The van der Waals surface area contributed by atoms with E-state index in [-0.39, 0.29) is 10.6 Å². The van der Waals surface area contributed by atoms with Gasteiger partial charge < -0.3 is 4.52 Å². The highest BCUT2D eigenvalue weighted by Gasteiger charge is 2.30. The van der Waals surface area contributed by atoms with Gasteiger partial charge >= 0.3 is 6.72 Å². The van der Waals surface area contributed by atoms with Crippen molar-refractivity contribution in [1.29, 1.82) is 0 Å². The third kappa shape index (κ3) is 3.23. The second-order valence-electron chi connectivity index (χ2n) is 4.44. The molecular weight excluding hydrogens is 341 g/mol. The first-order valence-corrected chi connectivity index (χ1v) is 9.44. The van der Waals surface area contributed by atoms with Crippen LogP contribution in [0.1, 0.15) is 42.1 Å². The summed E-state index contributed by atoms with van der Waals surface area (Å²) in [6, 6.07) is 2.96. The SMILES string of the molecule is CCCCC1=CP(=O)(Cl)Oc2ccc(C(=O)Cl)c(Cl)c21. The minimum atomic E-state index is -3.34. The van der Waals surface area contributed by atoms with Crippen molar-refractivity contribution in [3.8, 4) is 5.75 Å². The lowest BCUT2D eigenvalue weighted by Crippen LogP contribution is -2.03. The quantitative estimate of drug-likeness (QED) is 0.487. The summed E-state index contributed by atoms with van der Waals surface area (Å²) in [5, 5.41) is -0.437. The number of fused-ring (bicyclic) bond motifs is 1. The molecule has 0 amide bonds. The predicted octanol–water partition coefficient (Wildman–Crippen LogP) is 6.07. The van der Waals surface area contributed by atoms with Crippen LogP contribution in [0.2, 0.25) is 5.02 Å². The average molecular weight is 354 g/mol. The maximum absolute atomic E-state index is 12.0. The summed E-state index contributed by atoms with van der Waals surface area (Å²) in [5.74, 6) is 1.73. The Balaban J connectivity index is 2.59. The third-order valence-corrected chi connectivity index (χ3v) is 5.13. The number of unbranched alkanes of at least 4 members (excludes halogenated alkanes) is 1. The Bertz CT molecular complexity index is 640. The highest BCUT2D eigenvalue weighted by Crippen LogP contribution is 2.61. The molecule has 0 aliphatic carbocycles. The number of hydrogen-bond donors (Lipinski definition) is 0. The Morgan fingerprint density at radius 1 is 1.40 bits per heavy atom. The van der Waals surface area contributed by atoms with Gasteiger partial charge in [0, 0.05) is 11.4 Å². The van der Waals surface area contributed by atoms with Gasteiger partial charge in [0.15, 0.2) is 0 Å². The molecule has 0 fully saturated rings. The highest BCUT2D eigenvalue weighted by molar-refractivity contribution is 7.88. The summed E-state index contributed by atoms with van der Waals surface area (Å²) < 4.78 is 17.3. The van der Waals surface area contributed by atoms with E-state index in [0.29, 0.717) is 17.7 Å². The van der Waals surface area contributed by atoms with Gasteiger partial charge in [0.05, 0.1) is 10.6 Å². The van der Waals surface area contributed by atoms with Gasteiger partial charge in [-0.3, -0.25) is 9.36 Å². The molecule has 0 bridgehead atoms. The van der Waals surface area contributed by atoms with Crippen LogP contribution in [0, 0.1) is 0 Å². The zero-order valence-electron chi connectivity index (χ0n) is 10.7. The Hall–Kier alpha value is -0.470. The van der Waals surface area contributed by atoms with E-state index in [4.69, 9.17) is 39.0 Å². The van der Waals surface area contributed by atoms with E-state index in [1.165, 1.54) is 17.9 Å². The minimum absolute atomic E-state index is 0.199. The van der Waals surface area contributed by atoms with E-state index in [0.717, 1.165) is 18.4 Å². The zero-order valence-corrected chi connectivity index (χ0v) is 13.8. The van der Waals surface area contributed by atoms with Gasteiger partial charge in [-0.25, -0.2) is 0 Å². The number of rotatable bonds is 4. The van der Waals surface area contributed by atoms with Gasteiger partial charge in [-0.15, -0.1) is 0 Å². The fourth-order valence-electron chi connectivity index (χ4n) is 2.05. The van der Waals surface area contributed by atoms with E-state index in [1.54, 1.807) is 0 Å². The summed E-state index contributed by atoms with van der Waals surface area (Å²) in [6.45, 7) is -1.30. The summed E-state index contributed by atoms with van der Waals surface area (Å²) in [6.07, 6.45) is 2.51. The van der Waals surface area contributed by atoms with Crippen molar-refractivity contribution in [2.75, 3.05) is 0 Å². The molecule has 0 aromatic heterocycles. The Labute approximate surface area is 132 Å². The lowest BCUT2D eigenvalue weighted by Gasteiger charge is -2.23. The van der Waals surface area contributed by atoms with Crippen LogP contribution in [-0.4, -0.2) is 5.24 Å². The monoisotopic (exact) mass is 352 g/mol. The van der Waals surface area contributed by atoms with E-state index in [1.807, 2.05) is 6.92 Å². The minimum Gasteiger partial charge on any atom is -0.429 e. The largest absolute Gasteiger partial charge is 0.429 e. The van der Waals surface area contributed by atoms with Crippen LogP contribution in [0.4, 0.5) is 0 Å². The number of hydrogen-bond acceptors (Lipinski definition) is 3. The van der Waals surface area contributed by atoms with Crippen molar-refractivity contribution < 1.29 is 13.9 Å². The predicted molar refractivity (Wildman–Crippen MR) is 83.2 cm³/mol. The van der Waals surface area contributed by atoms with Crippen LogP contribution < -0.4 is 4.52 Å². The first kappa shape index (κ1) is 15.9. The Morgan fingerprint density at radius 3 is 2.70 bits per heavy atom. The molecule has 1 aliphatic rings. The molecule has 1 aromatic carbocycles. The van der Waals surface area contributed by atoms with Crippen LogP contribution in [0.15, 0.2) is 17.9 Å². The first-order chi connectivity index (χ1) is 9.35. The number of benzene rings is 1. The maximum Gasteiger partial charge on any atom is 0.359 e. The van der Waals surface area contributed by atoms with Gasteiger partial charge in [-0.2, -0.15) is 0 Å². The van der Waals surface area contributed by atoms with E-state index >= 15 is 0 Å². The molecule has 1 heterocycles. The van der Waals surface area contributed by atoms with Crippen molar-refractivity contribution in [3.63, 3.8) is 0 Å². The van der Waals surface area contributed by atoms with Gasteiger partial charge in [0.2, 0.25) is 0 Å². The number of carbonyl (C=O) groups excluding carboxylic acids is 1. The van der Waals surface area contributed by atoms with Crippen LogP contribution in [0.25, 0.3) is 5.57 Å². The first-order valence-electron chi connectivity index (χ1n) is 6.09. The van der Waals surface area contributed by atoms with Gasteiger partial charge in [-0.05, 0) is 53.4 Å². The summed E-state index contributed by atoms with van der Waals surface area (Å²) in [4.78, 5) is 11.3. The molecule has 1 atom stereocenters. The normalized spacial score (nSPS) is 20.9. The summed E-state index contributed by atoms with van der Waals surface area (Å²) in [7, 11) is 0. The van der Waals surface area contributed by atoms with Crippen LogP contribution in [0.5, 0.6) is 5.75 Å². The standard InChI is InChI=1S/C13H12Cl3O3P/c1-2-3-4-8-7-20(16,18)19-10-6-5-9(13(15)17)12(14)11(8)10/h5-7H,2-4H2,1H3. The lowest BCUT2D eigenvalue weighted by molar-refractivity contribution is 0.108. The molecule has 7 heteroatoms. The van der Waals surface area contributed by atoms with Crippen LogP contribution >= 0.6 is 41.2 Å². The summed E-state index contributed by atoms with van der Waals surface area (Å²) >= 11 is 17.6. The van der Waals surface area contributed by atoms with E-state index in [9.17, 15) is 9.36 Å².